The molecule has 1 aliphatic heterocycles. The van der Waals surface area contributed by atoms with Crippen molar-refractivity contribution in [2.75, 3.05) is 18.0 Å². The lowest BCUT2D eigenvalue weighted by molar-refractivity contribution is -0.385. The summed E-state index contributed by atoms with van der Waals surface area (Å²) in [5.41, 5.74) is 0.928. The van der Waals surface area contributed by atoms with Gasteiger partial charge >= 0.3 is 0 Å². The lowest BCUT2D eigenvalue weighted by Crippen LogP contribution is -2.54. The summed E-state index contributed by atoms with van der Waals surface area (Å²) >= 11 is 0. The van der Waals surface area contributed by atoms with E-state index in [2.05, 4.69) is 30.1 Å². The maximum absolute atomic E-state index is 10.7. The molecule has 0 saturated carbocycles. The fourth-order valence-corrected chi connectivity index (χ4v) is 2.28. The van der Waals surface area contributed by atoms with E-state index in [-0.39, 0.29) is 5.69 Å². The van der Waals surface area contributed by atoms with E-state index >= 15 is 0 Å². The summed E-state index contributed by atoms with van der Waals surface area (Å²) in [5.74, 6) is 0. The molecule has 2 rings (SSSR count). The number of nitro groups is 1. The van der Waals surface area contributed by atoms with E-state index in [1.165, 1.54) is 0 Å². The molecule has 1 N–H and O–H groups in total. The fourth-order valence-electron chi connectivity index (χ4n) is 2.28. The van der Waals surface area contributed by atoms with E-state index < -0.39 is 4.92 Å². The van der Waals surface area contributed by atoms with Crippen LogP contribution >= 0.6 is 0 Å². The molecule has 0 bridgehead atoms. The molecule has 0 aliphatic carbocycles. The molecule has 1 aliphatic rings. The summed E-state index contributed by atoms with van der Waals surface area (Å²) in [6, 6.07) is 8.49. The molecule has 5 heteroatoms. The Hall–Kier alpha value is -1.62. The van der Waals surface area contributed by atoms with Crippen LogP contribution in [-0.4, -0.2) is 30.1 Å². The molecule has 0 amide bonds. The standard InChI is InChI=1S/C12H16N3O2/c1-9-7-14(8-10(2)13-9)11-4-3-5-12(6-11)15(16)17/h3-4,6,9-10,13H,7-8H2,1-2H3. The highest BCUT2D eigenvalue weighted by Crippen LogP contribution is 2.22. The number of nitrogens with zero attached hydrogens (tertiary/aromatic N) is 2. The number of nitrogens with one attached hydrogen (secondary N) is 1. The van der Waals surface area contributed by atoms with Gasteiger partial charge in [-0.2, -0.15) is 0 Å². The number of piperazine rings is 1. The first-order chi connectivity index (χ1) is 8.06. The number of hydrogen-bond donors (Lipinski definition) is 1. The first-order valence-corrected chi connectivity index (χ1v) is 5.73. The zero-order chi connectivity index (χ0) is 12.4. The molecule has 1 radical (unpaired) electrons. The van der Waals surface area contributed by atoms with Gasteiger partial charge in [0, 0.05) is 36.9 Å². The van der Waals surface area contributed by atoms with Crippen LogP contribution in [0.5, 0.6) is 0 Å². The van der Waals surface area contributed by atoms with E-state index in [0.29, 0.717) is 12.1 Å². The van der Waals surface area contributed by atoms with Gasteiger partial charge in [0.15, 0.2) is 0 Å². The Bertz CT molecular complexity index is 412. The average Bonchev–Trinajstić information content (AvgIpc) is 2.28. The molecule has 0 aromatic heterocycles. The van der Waals surface area contributed by atoms with Crippen LogP contribution in [0.2, 0.25) is 0 Å². The summed E-state index contributed by atoms with van der Waals surface area (Å²) in [5, 5.41) is 14.1. The third-order valence-electron chi connectivity index (χ3n) is 2.89. The van der Waals surface area contributed by atoms with Gasteiger partial charge in [-0.15, -0.1) is 0 Å². The Labute approximate surface area is 101 Å². The summed E-state index contributed by atoms with van der Waals surface area (Å²) in [7, 11) is 0. The summed E-state index contributed by atoms with van der Waals surface area (Å²) in [6.45, 7) is 5.97. The van der Waals surface area contributed by atoms with Crippen molar-refractivity contribution in [1.82, 2.24) is 5.32 Å². The Morgan fingerprint density at radius 2 is 2.12 bits per heavy atom. The molecule has 91 valence electrons. The zero-order valence-electron chi connectivity index (χ0n) is 10.0. The highest BCUT2D eigenvalue weighted by Gasteiger charge is 2.22. The van der Waals surface area contributed by atoms with E-state index in [9.17, 15) is 10.1 Å². The van der Waals surface area contributed by atoms with Gasteiger partial charge in [0.2, 0.25) is 0 Å². The fraction of sp³-hybridized carbons (Fsp3) is 0.500. The number of hydrogen-bond acceptors (Lipinski definition) is 4. The SMILES string of the molecule is CC1CN(c2cc[c]c([N+](=O)[O-])c2)CC(C)N1. The second-order valence-corrected chi connectivity index (χ2v) is 4.56. The number of non-ortho nitro benzene ring substituents is 1. The van der Waals surface area contributed by atoms with E-state index in [1.54, 1.807) is 12.1 Å². The van der Waals surface area contributed by atoms with Crippen molar-refractivity contribution in [2.45, 2.75) is 25.9 Å². The lowest BCUT2D eigenvalue weighted by Gasteiger charge is -2.37. The lowest BCUT2D eigenvalue weighted by atomic mass is 10.1. The minimum atomic E-state index is -0.404. The maximum atomic E-state index is 10.7. The predicted octanol–water partition coefficient (Wildman–Crippen LogP) is 1.58. The van der Waals surface area contributed by atoms with Gasteiger partial charge in [0.25, 0.3) is 5.69 Å². The van der Waals surface area contributed by atoms with Crippen LogP contribution in [0, 0.1) is 16.2 Å². The van der Waals surface area contributed by atoms with Gasteiger partial charge in [-0.1, -0.05) is 0 Å². The minimum absolute atomic E-state index is 0.0290. The second-order valence-electron chi connectivity index (χ2n) is 4.56. The Kier molecular flexibility index (Phi) is 3.28. The van der Waals surface area contributed by atoms with Gasteiger partial charge in [-0.3, -0.25) is 10.1 Å². The molecule has 1 fully saturated rings. The number of anilines is 1. The molecular formula is C12H16N3O2. The maximum Gasteiger partial charge on any atom is 0.279 e. The van der Waals surface area contributed by atoms with Crippen molar-refractivity contribution >= 4 is 11.4 Å². The van der Waals surface area contributed by atoms with Crippen molar-refractivity contribution in [3.05, 3.63) is 34.4 Å². The molecule has 5 nitrogen and oxygen atoms in total. The van der Waals surface area contributed by atoms with Gasteiger partial charge in [0.05, 0.1) is 11.0 Å². The smallest absolute Gasteiger partial charge is 0.279 e. The number of rotatable bonds is 2. The van der Waals surface area contributed by atoms with Crippen LogP contribution in [0.3, 0.4) is 0 Å². The second kappa shape index (κ2) is 4.71. The summed E-state index contributed by atoms with van der Waals surface area (Å²) in [6.07, 6.45) is 0. The van der Waals surface area contributed by atoms with Gasteiger partial charge in [-0.25, -0.2) is 0 Å². The van der Waals surface area contributed by atoms with Crippen molar-refractivity contribution in [2.24, 2.45) is 0 Å². The molecule has 1 aromatic carbocycles. The third-order valence-corrected chi connectivity index (χ3v) is 2.89. The van der Waals surface area contributed by atoms with Crippen molar-refractivity contribution in [3.8, 4) is 0 Å². The molecule has 2 atom stereocenters. The van der Waals surface area contributed by atoms with E-state index in [1.807, 2.05) is 6.07 Å². The third kappa shape index (κ3) is 2.74. The monoisotopic (exact) mass is 234 g/mol. The summed E-state index contributed by atoms with van der Waals surface area (Å²) in [4.78, 5) is 12.5. The average molecular weight is 234 g/mol. The Balaban J connectivity index is 2.21. The number of nitro benzene ring substituents is 1. The highest BCUT2D eigenvalue weighted by atomic mass is 16.6. The van der Waals surface area contributed by atoms with Crippen LogP contribution in [0.1, 0.15) is 13.8 Å². The Morgan fingerprint density at radius 3 is 2.71 bits per heavy atom. The largest absolute Gasteiger partial charge is 0.368 e. The van der Waals surface area contributed by atoms with Crippen molar-refractivity contribution < 1.29 is 4.92 Å². The van der Waals surface area contributed by atoms with E-state index in [0.717, 1.165) is 18.8 Å². The normalized spacial score (nSPS) is 24.7. The summed E-state index contributed by atoms with van der Waals surface area (Å²) < 4.78 is 0. The molecule has 1 aromatic rings. The highest BCUT2D eigenvalue weighted by molar-refractivity contribution is 5.53. The van der Waals surface area contributed by atoms with Crippen LogP contribution in [0.4, 0.5) is 11.4 Å². The molecule has 17 heavy (non-hydrogen) atoms. The molecule has 1 heterocycles. The predicted molar refractivity (Wildman–Crippen MR) is 66.2 cm³/mol. The topological polar surface area (TPSA) is 58.4 Å². The van der Waals surface area contributed by atoms with E-state index in [4.69, 9.17) is 0 Å². The van der Waals surface area contributed by atoms with Gasteiger partial charge in [-0.05, 0) is 26.0 Å². The molecule has 0 spiro atoms. The quantitative estimate of drug-likeness (QED) is 0.623. The van der Waals surface area contributed by atoms with Crippen LogP contribution in [0.15, 0.2) is 18.2 Å². The van der Waals surface area contributed by atoms with Crippen molar-refractivity contribution in [1.29, 1.82) is 0 Å². The van der Waals surface area contributed by atoms with Crippen LogP contribution in [-0.2, 0) is 0 Å². The van der Waals surface area contributed by atoms with Crippen molar-refractivity contribution in [3.63, 3.8) is 0 Å². The first-order valence-electron chi connectivity index (χ1n) is 5.73. The Morgan fingerprint density at radius 1 is 1.47 bits per heavy atom. The molecular weight excluding hydrogens is 218 g/mol. The minimum Gasteiger partial charge on any atom is -0.368 e. The van der Waals surface area contributed by atoms with Crippen LogP contribution in [0.25, 0.3) is 0 Å². The molecule has 2 unspecified atom stereocenters. The first kappa shape index (κ1) is 11.9. The number of benzene rings is 1. The van der Waals surface area contributed by atoms with Gasteiger partial charge < -0.3 is 10.2 Å². The zero-order valence-corrected chi connectivity index (χ0v) is 10.0. The van der Waals surface area contributed by atoms with Crippen LogP contribution < -0.4 is 10.2 Å². The molecule has 1 saturated heterocycles. The van der Waals surface area contributed by atoms with Gasteiger partial charge in [0.1, 0.15) is 0 Å².